The molecule has 2 aromatic rings. The fourth-order valence-corrected chi connectivity index (χ4v) is 3.71. The van der Waals surface area contributed by atoms with E-state index in [9.17, 15) is 14.7 Å². The zero-order chi connectivity index (χ0) is 20.3. The third kappa shape index (κ3) is 4.07. The molecule has 0 bridgehead atoms. The van der Waals surface area contributed by atoms with Crippen LogP contribution in [-0.4, -0.2) is 53.5 Å². The summed E-state index contributed by atoms with van der Waals surface area (Å²) in [6, 6.07) is 14.5. The van der Waals surface area contributed by atoms with E-state index in [1.54, 1.807) is 30.1 Å². The van der Waals surface area contributed by atoms with Gasteiger partial charge in [0.2, 0.25) is 0 Å². The highest BCUT2D eigenvalue weighted by atomic mass is 35.5. The molecule has 1 aliphatic rings. The van der Waals surface area contributed by atoms with Gasteiger partial charge in [0.25, 0.3) is 11.8 Å². The molecule has 5 nitrogen and oxygen atoms in total. The molecule has 7 heteroatoms. The van der Waals surface area contributed by atoms with Crippen molar-refractivity contribution in [3.8, 4) is 0 Å². The van der Waals surface area contributed by atoms with Crippen molar-refractivity contribution >= 4 is 40.6 Å². The van der Waals surface area contributed by atoms with Crippen molar-refractivity contribution in [2.24, 2.45) is 0 Å². The van der Waals surface area contributed by atoms with Crippen molar-refractivity contribution in [1.82, 2.24) is 9.80 Å². The normalized spacial score (nSPS) is 14.2. The lowest BCUT2D eigenvalue weighted by Gasteiger charge is -2.20. The molecule has 2 aromatic carbocycles. The zero-order valence-corrected chi connectivity index (χ0v) is 16.9. The molecule has 0 spiro atoms. The van der Waals surface area contributed by atoms with Crippen LogP contribution >= 0.6 is 23.2 Å². The molecule has 0 saturated carbocycles. The van der Waals surface area contributed by atoms with E-state index in [4.69, 9.17) is 23.2 Å². The van der Waals surface area contributed by atoms with E-state index in [-0.39, 0.29) is 31.0 Å². The van der Waals surface area contributed by atoms with Crippen LogP contribution < -0.4 is 0 Å². The fraction of sp³-hybridized carbons (Fsp3) is 0.238. The maximum absolute atomic E-state index is 13.2. The quantitative estimate of drug-likeness (QED) is 0.701. The van der Waals surface area contributed by atoms with Gasteiger partial charge >= 0.3 is 0 Å². The first kappa shape index (κ1) is 20.4. The molecule has 0 aliphatic carbocycles. The minimum Gasteiger partial charge on any atom is -0.395 e. The Kier molecular flexibility index (Phi) is 6.39. The molecule has 0 unspecified atom stereocenters. The molecular formula is C21H20Cl2N2O3. The van der Waals surface area contributed by atoms with Gasteiger partial charge in [-0.3, -0.25) is 14.5 Å². The van der Waals surface area contributed by atoms with Gasteiger partial charge in [0.05, 0.1) is 17.2 Å². The molecule has 1 N–H and O–H groups in total. The summed E-state index contributed by atoms with van der Waals surface area (Å²) in [5.74, 6) is -0.789. The molecule has 1 heterocycles. The Morgan fingerprint density at radius 2 is 1.75 bits per heavy atom. The van der Waals surface area contributed by atoms with Crippen molar-refractivity contribution in [2.75, 3.05) is 26.7 Å². The van der Waals surface area contributed by atoms with Crippen LogP contribution in [-0.2, 0) is 16.0 Å². The number of carbonyl (C=O) groups excluding carboxylic acids is 2. The van der Waals surface area contributed by atoms with Gasteiger partial charge in [-0.25, -0.2) is 0 Å². The van der Waals surface area contributed by atoms with Crippen LogP contribution in [0.2, 0.25) is 10.0 Å². The number of imide groups is 1. The maximum Gasteiger partial charge on any atom is 0.277 e. The predicted octanol–water partition coefficient (Wildman–Crippen LogP) is 3.24. The number of aliphatic hydroxyl groups excluding tert-OH is 1. The second kappa shape index (κ2) is 8.78. The number of likely N-dealkylation sites (N-methyl/N-ethyl adjacent to an activating group) is 1. The molecule has 0 fully saturated rings. The largest absolute Gasteiger partial charge is 0.395 e. The summed E-state index contributed by atoms with van der Waals surface area (Å²) in [6.45, 7) is 0.329. The summed E-state index contributed by atoms with van der Waals surface area (Å²) in [7, 11) is 1.67. The molecule has 0 saturated heterocycles. The van der Waals surface area contributed by atoms with Gasteiger partial charge < -0.3 is 10.0 Å². The van der Waals surface area contributed by atoms with E-state index < -0.39 is 11.8 Å². The van der Waals surface area contributed by atoms with Crippen molar-refractivity contribution in [2.45, 2.75) is 6.42 Å². The van der Waals surface area contributed by atoms with E-state index in [2.05, 4.69) is 0 Å². The Balaban J connectivity index is 1.97. The van der Waals surface area contributed by atoms with Gasteiger partial charge in [0.1, 0.15) is 5.70 Å². The van der Waals surface area contributed by atoms with Gasteiger partial charge in [-0.05, 0) is 24.1 Å². The summed E-state index contributed by atoms with van der Waals surface area (Å²) < 4.78 is 0. The molecule has 0 aromatic heterocycles. The van der Waals surface area contributed by atoms with Gasteiger partial charge in [0.15, 0.2) is 0 Å². The van der Waals surface area contributed by atoms with Crippen LogP contribution in [0.25, 0.3) is 5.57 Å². The SMILES string of the molecule is CN(CCO)C1=C(c2ccc(Cl)cc2Cl)C(=O)N(CCc2ccccc2)C1=O. The molecule has 0 atom stereocenters. The van der Waals surface area contributed by atoms with Gasteiger partial charge in [-0.1, -0.05) is 59.6 Å². The van der Waals surface area contributed by atoms with Gasteiger partial charge in [0, 0.05) is 30.7 Å². The van der Waals surface area contributed by atoms with Crippen molar-refractivity contribution in [3.05, 3.63) is 75.4 Å². The minimum atomic E-state index is -0.398. The average Bonchev–Trinajstić information content (AvgIpc) is 2.91. The number of amides is 2. The Bertz CT molecular complexity index is 929. The lowest BCUT2D eigenvalue weighted by atomic mass is 10.0. The summed E-state index contributed by atoms with van der Waals surface area (Å²) in [5, 5.41) is 10.0. The highest BCUT2D eigenvalue weighted by Crippen LogP contribution is 2.35. The lowest BCUT2D eigenvalue weighted by molar-refractivity contribution is -0.137. The fourth-order valence-electron chi connectivity index (χ4n) is 3.20. The van der Waals surface area contributed by atoms with E-state index in [1.807, 2.05) is 30.3 Å². The van der Waals surface area contributed by atoms with Gasteiger partial charge in [-0.2, -0.15) is 0 Å². The number of carbonyl (C=O) groups is 2. The first-order valence-electron chi connectivity index (χ1n) is 8.86. The van der Waals surface area contributed by atoms with E-state index in [1.165, 1.54) is 4.90 Å². The van der Waals surface area contributed by atoms with Crippen molar-refractivity contribution < 1.29 is 14.7 Å². The van der Waals surface area contributed by atoms with Crippen molar-refractivity contribution in [1.29, 1.82) is 0 Å². The Morgan fingerprint density at radius 1 is 1.04 bits per heavy atom. The summed E-state index contributed by atoms with van der Waals surface area (Å²) in [6.07, 6.45) is 0.553. The van der Waals surface area contributed by atoms with Crippen LogP contribution in [0.15, 0.2) is 54.2 Å². The number of hydrogen-bond donors (Lipinski definition) is 1. The van der Waals surface area contributed by atoms with Crippen LogP contribution in [0.3, 0.4) is 0 Å². The molecule has 0 radical (unpaired) electrons. The molecule has 2 amide bonds. The topological polar surface area (TPSA) is 60.9 Å². The van der Waals surface area contributed by atoms with Crippen LogP contribution in [0.1, 0.15) is 11.1 Å². The van der Waals surface area contributed by atoms with Crippen LogP contribution in [0, 0.1) is 0 Å². The molecule has 1 aliphatic heterocycles. The Hall–Kier alpha value is -2.34. The first-order valence-corrected chi connectivity index (χ1v) is 9.61. The minimum absolute atomic E-state index is 0.146. The van der Waals surface area contributed by atoms with Crippen molar-refractivity contribution in [3.63, 3.8) is 0 Å². The summed E-state index contributed by atoms with van der Waals surface area (Å²) in [4.78, 5) is 29.0. The van der Waals surface area contributed by atoms with E-state index in [0.717, 1.165) is 5.56 Å². The second-order valence-corrected chi connectivity index (χ2v) is 7.33. The van der Waals surface area contributed by atoms with Gasteiger partial charge in [-0.15, -0.1) is 0 Å². The number of rotatable bonds is 7. The predicted molar refractivity (Wildman–Crippen MR) is 110 cm³/mol. The van der Waals surface area contributed by atoms with Crippen LogP contribution in [0.4, 0.5) is 0 Å². The third-order valence-electron chi connectivity index (χ3n) is 4.63. The zero-order valence-electron chi connectivity index (χ0n) is 15.4. The number of aliphatic hydroxyl groups is 1. The number of halogens is 2. The standard InChI is InChI=1S/C21H20Cl2N2O3/c1-24(11-12-26)19-18(16-8-7-15(22)13-17(16)23)20(27)25(21(19)28)10-9-14-5-3-2-4-6-14/h2-8,13,26H,9-12H2,1H3. The maximum atomic E-state index is 13.2. The average molecular weight is 419 g/mol. The third-order valence-corrected chi connectivity index (χ3v) is 5.18. The first-order chi connectivity index (χ1) is 13.4. The number of hydrogen-bond acceptors (Lipinski definition) is 4. The number of benzene rings is 2. The summed E-state index contributed by atoms with van der Waals surface area (Å²) >= 11 is 12.3. The van der Waals surface area contributed by atoms with E-state index >= 15 is 0 Å². The lowest BCUT2D eigenvalue weighted by Crippen LogP contribution is -2.36. The molecule has 146 valence electrons. The smallest absolute Gasteiger partial charge is 0.277 e. The number of nitrogens with zero attached hydrogens (tertiary/aromatic N) is 2. The monoisotopic (exact) mass is 418 g/mol. The molecular weight excluding hydrogens is 399 g/mol. The Labute approximate surface area is 173 Å². The second-order valence-electron chi connectivity index (χ2n) is 6.49. The molecule has 3 rings (SSSR count). The summed E-state index contributed by atoms with van der Waals surface area (Å²) in [5.41, 5.74) is 1.95. The highest BCUT2D eigenvalue weighted by Gasteiger charge is 2.41. The molecule has 28 heavy (non-hydrogen) atoms. The van der Waals surface area contributed by atoms with E-state index in [0.29, 0.717) is 22.0 Å². The Morgan fingerprint density at radius 3 is 2.39 bits per heavy atom. The highest BCUT2D eigenvalue weighted by molar-refractivity contribution is 6.41. The van der Waals surface area contributed by atoms with Crippen LogP contribution in [0.5, 0.6) is 0 Å².